The van der Waals surface area contributed by atoms with E-state index in [2.05, 4.69) is 24.3 Å². The number of hydrogen-bond acceptors (Lipinski definition) is 3. The third-order valence-corrected chi connectivity index (χ3v) is 2.73. The number of aliphatic hydroxyl groups is 1. The molecule has 0 aliphatic rings. The van der Waals surface area contributed by atoms with Crippen LogP contribution in [0.2, 0.25) is 0 Å². The quantitative estimate of drug-likeness (QED) is 0.735. The molecule has 0 amide bonds. The van der Waals surface area contributed by atoms with Gasteiger partial charge >= 0.3 is 0 Å². The Labute approximate surface area is 91.3 Å². The molecule has 1 aromatic rings. The molecule has 0 bridgehead atoms. The van der Waals surface area contributed by atoms with Gasteiger partial charge in [0.1, 0.15) is 0 Å². The van der Waals surface area contributed by atoms with E-state index in [9.17, 15) is 5.11 Å². The summed E-state index contributed by atoms with van der Waals surface area (Å²) in [6.45, 7) is 5.50. The Morgan fingerprint density at radius 1 is 1.60 bits per heavy atom. The minimum Gasteiger partial charge on any atom is -0.392 e. The van der Waals surface area contributed by atoms with E-state index >= 15 is 0 Å². The van der Waals surface area contributed by atoms with Gasteiger partial charge in [-0.15, -0.1) is 0 Å². The molecule has 2 atom stereocenters. The molecule has 1 aromatic heterocycles. The number of aryl methyl sites for hydroxylation is 1. The van der Waals surface area contributed by atoms with Crippen LogP contribution in [0.1, 0.15) is 26.0 Å². The van der Waals surface area contributed by atoms with Gasteiger partial charge in [-0.25, -0.2) is 0 Å². The summed E-state index contributed by atoms with van der Waals surface area (Å²) in [6.07, 6.45) is 2.66. The highest BCUT2D eigenvalue weighted by atomic mass is 16.3. The second-order valence-corrected chi connectivity index (χ2v) is 4.06. The van der Waals surface area contributed by atoms with Gasteiger partial charge in [0.2, 0.25) is 0 Å². The van der Waals surface area contributed by atoms with E-state index in [0.29, 0.717) is 19.0 Å². The van der Waals surface area contributed by atoms with Crippen LogP contribution in [0, 0.1) is 5.92 Å². The van der Waals surface area contributed by atoms with Crippen molar-refractivity contribution < 1.29 is 5.11 Å². The molecule has 0 aliphatic carbocycles. The Morgan fingerprint density at radius 2 is 2.33 bits per heavy atom. The Kier molecular flexibility index (Phi) is 4.78. The van der Waals surface area contributed by atoms with Crippen molar-refractivity contribution in [2.45, 2.75) is 32.9 Å². The first-order chi connectivity index (χ1) is 7.13. The summed E-state index contributed by atoms with van der Waals surface area (Å²) in [5.74, 6) is 0.348. The van der Waals surface area contributed by atoms with Crippen molar-refractivity contribution in [2.24, 2.45) is 13.0 Å². The number of nitrogens with one attached hydrogen (secondary N) is 1. The SMILES string of the molecule is CCC(C)C(O)CNCc1ccn(C)n1. The van der Waals surface area contributed by atoms with Crippen molar-refractivity contribution in [3.8, 4) is 0 Å². The average Bonchev–Trinajstić information content (AvgIpc) is 2.63. The average molecular weight is 211 g/mol. The number of hydrogen-bond donors (Lipinski definition) is 2. The monoisotopic (exact) mass is 211 g/mol. The maximum Gasteiger partial charge on any atom is 0.0762 e. The van der Waals surface area contributed by atoms with Crippen molar-refractivity contribution in [3.05, 3.63) is 18.0 Å². The van der Waals surface area contributed by atoms with E-state index < -0.39 is 0 Å². The van der Waals surface area contributed by atoms with Crippen molar-refractivity contribution >= 4 is 0 Å². The van der Waals surface area contributed by atoms with Crippen LogP contribution in [0.4, 0.5) is 0 Å². The summed E-state index contributed by atoms with van der Waals surface area (Å²) >= 11 is 0. The summed E-state index contributed by atoms with van der Waals surface area (Å²) in [5, 5.41) is 17.2. The van der Waals surface area contributed by atoms with Crippen LogP contribution in [-0.4, -0.2) is 27.5 Å². The highest BCUT2D eigenvalue weighted by Crippen LogP contribution is 2.06. The minimum atomic E-state index is -0.265. The second kappa shape index (κ2) is 5.88. The van der Waals surface area contributed by atoms with Crippen molar-refractivity contribution in [1.29, 1.82) is 0 Å². The fourth-order valence-electron chi connectivity index (χ4n) is 1.38. The molecular formula is C11H21N3O. The second-order valence-electron chi connectivity index (χ2n) is 4.06. The van der Waals surface area contributed by atoms with Gasteiger partial charge in [-0.2, -0.15) is 5.10 Å². The molecule has 4 heteroatoms. The van der Waals surface area contributed by atoms with Gasteiger partial charge < -0.3 is 10.4 Å². The Hall–Kier alpha value is -0.870. The fourth-order valence-corrected chi connectivity index (χ4v) is 1.38. The third kappa shape index (κ3) is 4.01. The van der Waals surface area contributed by atoms with Gasteiger partial charge in [0.15, 0.2) is 0 Å². The normalized spacial score (nSPS) is 15.2. The van der Waals surface area contributed by atoms with E-state index in [1.807, 2.05) is 19.3 Å². The van der Waals surface area contributed by atoms with Crippen LogP contribution >= 0.6 is 0 Å². The zero-order valence-electron chi connectivity index (χ0n) is 9.77. The number of aromatic nitrogens is 2. The van der Waals surface area contributed by atoms with E-state index in [-0.39, 0.29) is 6.10 Å². The first-order valence-corrected chi connectivity index (χ1v) is 5.50. The van der Waals surface area contributed by atoms with Crippen LogP contribution in [0.25, 0.3) is 0 Å². The summed E-state index contributed by atoms with van der Waals surface area (Å²) in [6, 6.07) is 1.97. The van der Waals surface area contributed by atoms with Gasteiger partial charge in [-0.05, 0) is 12.0 Å². The molecule has 4 nitrogen and oxygen atoms in total. The minimum absolute atomic E-state index is 0.265. The summed E-state index contributed by atoms with van der Waals surface area (Å²) < 4.78 is 1.78. The molecule has 0 saturated heterocycles. The van der Waals surface area contributed by atoms with Crippen LogP contribution in [0.3, 0.4) is 0 Å². The fraction of sp³-hybridized carbons (Fsp3) is 0.727. The first-order valence-electron chi connectivity index (χ1n) is 5.50. The molecule has 0 fully saturated rings. The predicted octanol–water partition coefficient (Wildman–Crippen LogP) is 0.917. The molecule has 86 valence electrons. The molecule has 15 heavy (non-hydrogen) atoms. The predicted molar refractivity (Wildman–Crippen MR) is 60.4 cm³/mol. The number of rotatable bonds is 6. The van der Waals surface area contributed by atoms with Crippen molar-refractivity contribution in [1.82, 2.24) is 15.1 Å². The highest BCUT2D eigenvalue weighted by Gasteiger charge is 2.11. The van der Waals surface area contributed by atoms with E-state index in [0.717, 1.165) is 12.1 Å². The molecule has 0 spiro atoms. The summed E-state index contributed by atoms with van der Waals surface area (Å²) in [5.41, 5.74) is 1.01. The summed E-state index contributed by atoms with van der Waals surface area (Å²) in [7, 11) is 1.90. The Morgan fingerprint density at radius 3 is 2.87 bits per heavy atom. The molecule has 2 N–H and O–H groups in total. The lowest BCUT2D eigenvalue weighted by atomic mass is 10.0. The number of aliphatic hydroxyl groups excluding tert-OH is 1. The van der Waals surface area contributed by atoms with E-state index in [4.69, 9.17) is 0 Å². The van der Waals surface area contributed by atoms with Crippen LogP contribution < -0.4 is 5.32 Å². The lowest BCUT2D eigenvalue weighted by Crippen LogP contribution is -2.31. The van der Waals surface area contributed by atoms with Crippen LogP contribution in [0.5, 0.6) is 0 Å². The number of nitrogens with zero attached hydrogens (tertiary/aromatic N) is 2. The summed E-state index contributed by atoms with van der Waals surface area (Å²) in [4.78, 5) is 0. The molecule has 0 saturated carbocycles. The lowest BCUT2D eigenvalue weighted by Gasteiger charge is -2.17. The van der Waals surface area contributed by atoms with Gasteiger partial charge in [0, 0.05) is 26.3 Å². The van der Waals surface area contributed by atoms with Crippen LogP contribution in [-0.2, 0) is 13.6 Å². The molecule has 0 aliphatic heterocycles. The Bertz CT molecular complexity index is 285. The van der Waals surface area contributed by atoms with Gasteiger partial charge in [0.05, 0.1) is 11.8 Å². The van der Waals surface area contributed by atoms with E-state index in [1.54, 1.807) is 4.68 Å². The zero-order chi connectivity index (χ0) is 11.3. The highest BCUT2D eigenvalue weighted by molar-refractivity contribution is 4.97. The van der Waals surface area contributed by atoms with Crippen molar-refractivity contribution in [3.63, 3.8) is 0 Å². The molecular weight excluding hydrogens is 190 g/mol. The van der Waals surface area contributed by atoms with E-state index in [1.165, 1.54) is 0 Å². The smallest absolute Gasteiger partial charge is 0.0762 e. The molecule has 1 heterocycles. The maximum atomic E-state index is 9.71. The van der Waals surface area contributed by atoms with Gasteiger partial charge in [0.25, 0.3) is 0 Å². The lowest BCUT2D eigenvalue weighted by molar-refractivity contribution is 0.112. The molecule has 0 aromatic carbocycles. The first kappa shape index (κ1) is 12.2. The third-order valence-electron chi connectivity index (χ3n) is 2.73. The van der Waals surface area contributed by atoms with Crippen molar-refractivity contribution in [2.75, 3.05) is 6.54 Å². The topological polar surface area (TPSA) is 50.1 Å². The Balaban J connectivity index is 2.21. The largest absolute Gasteiger partial charge is 0.392 e. The molecule has 2 unspecified atom stereocenters. The van der Waals surface area contributed by atoms with Gasteiger partial charge in [-0.1, -0.05) is 20.3 Å². The van der Waals surface area contributed by atoms with Crippen LogP contribution in [0.15, 0.2) is 12.3 Å². The van der Waals surface area contributed by atoms with Gasteiger partial charge in [-0.3, -0.25) is 4.68 Å². The zero-order valence-corrected chi connectivity index (χ0v) is 9.77. The maximum absolute atomic E-state index is 9.71. The molecule has 1 rings (SSSR count). The standard InChI is InChI=1S/C11H21N3O/c1-4-9(2)11(15)8-12-7-10-5-6-14(3)13-10/h5-6,9,11-12,15H,4,7-8H2,1-3H3. The molecule has 0 radical (unpaired) electrons.